The minimum Gasteiger partial charge on any atom is -0.337 e. The monoisotopic (exact) mass is 342 g/mol. The molecule has 1 spiro atoms. The third kappa shape index (κ3) is 2.45. The van der Waals surface area contributed by atoms with Crippen LogP contribution in [0.5, 0.6) is 0 Å². The average Bonchev–Trinajstić information content (AvgIpc) is 3.23. The molecule has 1 fully saturated rings. The molecule has 24 heavy (non-hydrogen) atoms. The number of nitrogens with zero attached hydrogens (tertiary/aromatic N) is 4. The summed E-state index contributed by atoms with van der Waals surface area (Å²) in [4.78, 5) is 16.8. The normalized spacial score (nSPS) is 22.1. The fourth-order valence-electron chi connectivity index (χ4n) is 4.35. The summed E-state index contributed by atoms with van der Waals surface area (Å²) in [6, 6.07) is 9.33. The van der Waals surface area contributed by atoms with E-state index < -0.39 is 0 Å². The van der Waals surface area contributed by atoms with Crippen molar-refractivity contribution in [2.24, 2.45) is 0 Å². The second-order valence-electron chi connectivity index (χ2n) is 7.13. The third-order valence-corrected chi connectivity index (χ3v) is 6.19. The molecule has 2 aliphatic rings. The molecule has 4 rings (SSSR count). The number of aromatic nitrogens is 2. The van der Waals surface area contributed by atoms with Crippen molar-refractivity contribution in [2.45, 2.75) is 30.7 Å². The van der Waals surface area contributed by atoms with Crippen LogP contribution in [0.3, 0.4) is 0 Å². The van der Waals surface area contributed by atoms with Crippen LogP contribution in [0, 0.1) is 0 Å². The molecule has 2 aromatic rings. The molecule has 1 amide bonds. The summed E-state index contributed by atoms with van der Waals surface area (Å²) in [6.07, 6.45) is 3.20. The van der Waals surface area contributed by atoms with Gasteiger partial charge in [0.25, 0.3) is 5.91 Å². The molecule has 6 heteroatoms. The lowest BCUT2D eigenvalue weighted by molar-refractivity contribution is 0.0647. The van der Waals surface area contributed by atoms with Crippen molar-refractivity contribution in [1.29, 1.82) is 0 Å². The van der Waals surface area contributed by atoms with Gasteiger partial charge in [-0.2, -0.15) is 0 Å². The van der Waals surface area contributed by atoms with Gasteiger partial charge in [0, 0.05) is 29.9 Å². The number of likely N-dealkylation sites (tertiary alicyclic amines) is 1. The SMILES string of the molecule is CN(C)C1CC2(CCN(C(=O)c3csnn3)CC2)c2ccccc21. The Balaban J connectivity index is 1.56. The molecule has 1 aliphatic heterocycles. The molecule has 5 nitrogen and oxygen atoms in total. The molecule has 0 radical (unpaired) electrons. The molecule has 1 saturated heterocycles. The first-order valence-corrected chi connectivity index (χ1v) is 9.26. The zero-order chi connectivity index (χ0) is 16.7. The van der Waals surface area contributed by atoms with Gasteiger partial charge >= 0.3 is 0 Å². The summed E-state index contributed by atoms with van der Waals surface area (Å²) in [5.74, 6) is 0.0223. The highest BCUT2D eigenvalue weighted by Gasteiger charge is 2.46. The fraction of sp³-hybridized carbons (Fsp3) is 0.500. The molecule has 0 saturated carbocycles. The molecule has 126 valence electrons. The van der Waals surface area contributed by atoms with Crippen LogP contribution in [-0.4, -0.2) is 52.5 Å². The van der Waals surface area contributed by atoms with Crippen LogP contribution < -0.4 is 0 Å². The van der Waals surface area contributed by atoms with E-state index in [4.69, 9.17) is 0 Å². The number of benzene rings is 1. The minimum absolute atomic E-state index is 0.0223. The van der Waals surface area contributed by atoms with Crippen LogP contribution in [0.2, 0.25) is 0 Å². The predicted octanol–water partition coefficient (Wildman–Crippen LogP) is 2.72. The summed E-state index contributed by atoms with van der Waals surface area (Å²) in [6.45, 7) is 1.59. The Bertz CT molecular complexity index is 735. The first-order chi connectivity index (χ1) is 11.6. The summed E-state index contributed by atoms with van der Waals surface area (Å²) < 4.78 is 3.81. The van der Waals surface area contributed by atoms with E-state index >= 15 is 0 Å². The molecule has 1 aliphatic carbocycles. The van der Waals surface area contributed by atoms with Crippen molar-refractivity contribution in [3.8, 4) is 0 Å². The third-order valence-electron chi connectivity index (χ3n) is 5.69. The number of amides is 1. The Morgan fingerprint density at radius 3 is 2.71 bits per heavy atom. The number of carbonyl (C=O) groups excluding carboxylic acids is 1. The zero-order valence-corrected chi connectivity index (χ0v) is 14.9. The predicted molar refractivity (Wildman–Crippen MR) is 94.2 cm³/mol. The first kappa shape index (κ1) is 15.7. The van der Waals surface area contributed by atoms with E-state index in [1.165, 1.54) is 22.7 Å². The average molecular weight is 342 g/mol. The summed E-state index contributed by atoms with van der Waals surface area (Å²) >= 11 is 1.23. The molecule has 1 unspecified atom stereocenters. The van der Waals surface area contributed by atoms with Crippen LogP contribution in [0.25, 0.3) is 0 Å². The van der Waals surface area contributed by atoms with Gasteiger partial charge in [-0.15, -0.1) is 5.10 Å². The topological polar surface area (TPSA) is 49.3 Å². The lowest BCUT2D eigenvalue weighted by Gasteiger charge is -2.40. The standard InChI is InChI=1S/C18H22N4OS/c1-21(2)16-11-18(14-6-4-3-5-13(14)16)7-9-22(10-8-18)17(23)15-12-24-20-19-15/h3-6,12,16H,7-11H2,1-2H3. The first-order valence-electron chi connectivity index (χ1n) is 8.43. The number of rotatable bonds is 2. The number of hydrogen-bond donors (Lipinski definition) is 0. The van der Waals surface area contributed by atoms with E-state index in [0.29, 0.717) is 11.7 Å². The molecule has 2 heterocycles. The Morgan fingerprint density at radius 1 is 1.29 bits per heavy atom. The summed E-state index contributed by atoms with van der Waals surface area (Å²) in [5.41, 5.74) is 3.65. The molecule has 0 N–H and O–H groups in total. The maximum atomic E-state index is 12.5. The van der Waals surface area contributed by atoms with Crippen LogP contribution in [0.4, 0.5) is 0 Å². The van der Waals surface area contributed by atoms with Gasteiger partial charge < -0.3 is 9.80 Å². The Morgan fingerprint density at radius 2 is 2.04 bits per heavy atom. The van der Waals surface area contributed by atoms with E-state index in [1.807, 2.05) is 4.90 Å². The summed E-state index contributed by atoms with van der Waals surface area (Å²) in [5, 5.41) is 5.66. The highest BCUT2D eigenvalue weighted by Crippen LogP contribution is 2.52. The van der Waals surface area contributed by atoms with E-state index in [9.17, 15) is 4.79 Å². The largest absolute Gasteiger partial charge is 0.337 e. The number of fused-ring (bicyclic) bond motifs is 2. The second-order valence-corrected chi connectivity index (χ2v) is 7.74. The molecular formula is C18H22N4OS. The summed E-state index contributed by atoms with van der Waals surface area (Å²) in [7, 11) is 4.32. The van der Waals surface area contributed by atoms with E-state index in [-0.39, 0.29) is 11.3 Å². The van der Waals surface area contributed by atoms with Crippen molar-refractivity contribution >= 4 is 17.4 Å². The van der Waals surface area contributed by atoms with Gasteiger partial charge in [-0.3, -0.25) is 4.79 Å². The van der Waals surface area contributed by atoms with Crippen LogP contribution in [-0.2, 0) is 5.41 Å². The molecule has 1 atom stereocenters. The molecular weight excluding hydrogens is 320 g/mol. The molecule has 1 aromatic carbocycles. The van der Waals surface area contributed by atoms with Crippen LogP contribution in [0.15, 0.2) is 29.6 Å². The smallest absolute Gasteiger partial charge is 0.275 e. The van der Waals surface area contributed by atoms with Crippen molar-refractivity contribution in [2.75, 3.05) is 27.2 Å². The van der Waals surface area contributed by atoms with Gasteiger partial charge in [0.05, 0.1) is 0 Å². The van der Waals surface area contributed by atoms with Crippen molar-refractivity contribution in [3.63, 3.8) is 0 Å². The van der Waals surface area contributed by atoms with E-state index in [1.54, 1.807) is 5.38 Å². The second kappa shape index (κ2) is 5.93. The van der Waals surface area contributed by atoms with Gasteiger partial charge in [0.1, 0.15) is 0 Å². The number of piperidine rings is 1. The van der Waals surface area contributed by atoms with Crippen LogP contribution in [0.1, 0.15) is 46.9 Å². The van der Waals surface area contributed by atoms with Gasteiger partial charge in [-0.25, -0.2) is 0 Å². The Labute approximate surface area is 146 Å². The van der Waals surface area contributed by atoms with E-state index in [2.05, 4.69) is 52.8 Å². The van der Waals surface area contributed by atoms with Gasteiger partial charge in [0.15, 0.2) is 5.69 Å². The Hall–Kier alpha value is -1.79. The Kier molecular flexibility index (Phi) is 3.89. The number of carbonyl (C=O) groups is 1. The highest BCUT2D eigenvalue weighted by atomic mass is 32.1. The van der Waals surface area contributed by atoms with Gasteiger partial charge in [-0.05, 0) is 56.0 Å². The maximum Gasteiger partial charge on any atom is 0.275 e. The molecule has 1 aromatic heterocycles. The fourth-order valence-corrected chi connectivity index (χ4v) is 4.78. The zero-order valence-electron chi connectivity index (χ0n) is 14.1. The van der Waals surface area contributed by atoms with Crippen molar-refractivity contribution in [3.05, 3.63) is 46.5 Å². The van der Waals surface area contributed by atoms with Crippen molar-refractivity contribution < 1.29 is 4.79 Å². The quantitative estimate of drug-likeness (QED) is 0.842. The highest BCUT2D eigenvalue weighted by molar-refractivity contribution is 7.03. The maximum absolute atomic E-state index is 12.5. The minimum atomic E-state index is 0.0223. The van der Waals surface area contributed by atoms with Crippen LogP contribution >= 0.6 is 11.5 Å². The van der Waals surface area contributed by atoms with Gasteiger partial charge in [0.2, 0.25) is 0 Å². The molecule has 0 bridgehead atoms. The lowest BCUT2D eigenvalue weighted by atomic mass is 9.73. The van der Waals surface area contributed by atoms with E-state index in [0.717, 1.165) is 32.4 Å². The lowest BCUT2D eigenvalue weighted by Crippen LogP contribution is -2.44. The number of hydrogen-bond acceptors (Lipinski definition) is 5. The van der Waals surface area contributed by atoms with Gasteiger partial charge in [-0.1, -0.05) is 28.8 Å². The van der Waals surface area contributed by atoms with Crippen molar-refractivity contribution in [1.82, 2.24) is 19.4 Å².